The summed E-state index contributed by atoms with van der Waals surface area (Å²) in [5.74, 6) is 0.846. The fraction of sp³-hybridized carbons (Fsp3) is 0.154. The Morgan fingerprint density at radius 3 is 2.60 bits per heavy atom. The molecule has 1 aliphatic rings. The highest BCUT2D eigenvalue weighted by molar-refractivity contribution is 8.27. The summed E-state index contributed by atoms with van der Waals surface area (Å²) in [4.78, 5) is 25.7. The Labute approximate surface area is 212 Å². The van der Waals surface area contributed by atoms with Crippen molar-refractivity contribution in [1.82, 2.24) is 0 Å². The van der Waals surface area contributed by atoms with E-state index in [-0.39, 0.29) is 18.2 Å². The van der Waals surface area contributed by atoms with Crippen LogP contribution in [-0.2, 0) is 11.4 Å². The van der Waals surface area contributed by atoms with E-state index < -0.39 is 4.92 Å². The number of hydrogen-bond acceptors (Lipinski definition) is 7. The first-order valence-corrected chi connectivity index (χ1v) is 12.1. The fourth-order valence-corrected chi connectivity index (χ4v) is 4.83. The molecule has 1 fully saturated rings. The highest BCUT2D eigenvalue weighted by atomic mass is 32.2. The first-order valence-electron chi connectivity index (χ1n) is 10.8. The highest BCUT2D eigenvalue weighted by Crippen LogP contribution is 2.37. The Morgan fingerprint density at radius 2 is 1.86 bits per heavy atom. The number of anilines is 1. The second-order valence-electron chi connectivity index (χ2n) is 7.71. The van der Waals surface area contributed by atoms with Crippen LogP contribution in [0, 0.1) is 17.0 Å². The van der Waals surface area contributed by atoms with Crippen molar-refractivity contribution >= 4 is 51.7 Å². The van der Waals surface area contributed by atoms with Gasteiger partial charge in [0, 0.05) is 12.1 Å². The molecule has 1 heterocycles. The van der Waals surface area contributed by atoms with Crippen LogP contribution in [0.4, 0.5) is 11.4 Å². The maximum absolute atomic E-state index is 13.1. The van der Waals surface area contributed by atoms with E-state index in [1.807, 2.05) is 44.2 Å². The van der Waals surface area contributed by atoms with Gasteiger partial charge in [0.05, 0.1) is 22.1 Å². The van der Waals surface area contributed by atoms with Crippen LogP contribution in [0.3, 0.4) is 0 Å². The number of hydrogen-bond donors (Lipinski definition) is 0. The number of nitro benzene ring substituents is 1. The van der Waals surface area contributed by atoms with Crippen LogP contribution in [0.1, 0.15) is 23.6 Å². The van der Waals surface area contributed by atoms with Crippen LogP contribution in [-0.4, -0.2) is 21.8 Å². The lowest BCUT2D eigenvalue weighted by molar-refractivity contribution is -0.384. The molecule has 35 heavy (non-hydrogen) atoms. The molecule has 0 saturated carbocycles. The van der Waals surface area contributed by atoms with Crippen LogP contribution in [0.5, 0.6) is 11.5 Å². The number of nitro groups is 1. The van der Waals surface area contributed by atoms with Crippen molar-refractivity contribution in [2.75, 3.05) is 11.5 Å². The van der Waals surface area contributed by atoms with Crippen molar-refractivity contribution < 1.29 is 19.2 Å². The Bertz CT molecular complexity index is 1340. The zero-order valence-electron chi connectivity index (χ0n) is 19.1. The summed E-state index contributed by atoms with van der Waals surface area (Å²) in [7, 11) is 0. The molecule has 7 nitrogen and oxygen atoms in total. The fourth-order valence-electron chi connectivity index (χ4n) is 3.53. The van der Waals surface area contributed by atoms with E-state index in [9.17, 15) is 14.9 Å². The number of carbonyl (C=O) groups excluding carboxylic acids is 1. The van der Waals surface area contributed by atoms with Gasteiger partial charge in [0.15, 0.2) is 15.8 Å². The van der Waals surface area contributed by atoms with Gasteiger partial charge in [0.1, 0.15) is 6.61 Å². The van der Waals surface area contributed by atoms with Crippen molar-refractivity contribution in [2.24, 2.45) is 0 Å². The number of thiocarbonyl (C=S) groups is 1. The van der Waals surface area contributed by atoms with E-state index >= 15 is 0 Å². The van der Waals surface area contributed by atoms with E-state index in [1.54, 1.807) is 35.2 Å². The van der Waals surface area contributed by atoms with Gasteiger partial charge in [-0.1, -0.05) is 54.3 Å². The van der Waals surface area contributed by atoms with E-state index in [1.165, 1.54) is 23.9 Å². The third-order valence-corrected chi connectivity index (χ3v) is 6.44. The molecule has 178 valence electrons. The Kier molecular flexibility index (Phi) is 7.48. The van der Waals surface area contributed by atoms with E-state index in [0.717, 1.165) is 16.8 Å². The van der Waals surface area contributed by atoms with Crippen LogP contribution >= 0.6 is 24.0 Å². The lowest BCUT2D eigenvalue weighted by Crippen LogP contribution is -2.27. The van der Waals surface area contributed by atoms with Gasteiger partial charge < -0.3 is 9.47 Å². The molecule has 0 aromatic heterocycles. The molecular formula is C26H22N2O5S2. The number of nitrogens with zero attached hydrogens (tertiary/aromatic N) is 2. The van der Waals surface area contributed by atoms with Gasteiger partial charge in [-0.05, 0) is 60.9 Å². The third kappa shape index (κ3) is 5.70. The zero-order chi connectivity index (χ0) is 24.9. The topological polar surface area (TPSA) is 81.9 Å². The number of thioether (sulfide) groups is 1. The van der Waals surface area contributed by atoms with E-state index in [2.05, 4.69) is 0 Å². The van der Waals surface area contributed by atoms with Crippen LogP contribution < -0.4 is 14.4 Å². The number of aryl methyl sites for hydroxylation is 1. The minimum atomic E-state index is -0.439. The molecule has 3 aromatic rings. The predicted octanol–water partition coefficient (Wildman–Crippen LogP) is 6.29. The van der Waals surface area contributed by atoms with Gasteiger partial charge in [-0.2, -0.15) is 0 Å². The molecule has 0 aliphatic carbocycles. The summed E-state index contributed by atoms with van der Waals surface area (Å²) in [5, 5.41) is 11.0. The van der Waals surface area contributed by atoms with Crippen LogP contribution in [0.2, 0.25) is 0 Å². The van der Waals surface area contributed by atoms with Crippen LogP contribution in [0.15, 0.2) is 71.6 Å². The summed E-state index contributed by atoms with van der Waals surface area (Å²) in [6, 6.07) is 19.3. The highest BCUT2D eigenvalue weighted by Gasteiger charge is 2.33. The molecule has 0 bridgehead atoms. The average molecular weight is 507 g/mol. The first kappa shape index (κ1) is 24.4. The molecule has 9 heteroatoms. The second kappa shape index (κ2) is 10.7. The molecule has 0 atom stereocenters. The van der Waals surface area contributed by atoms with E-state index in [0.29, 0.717) is 32.9 Å². The molecule has 1 amide bonds. The molecular weight excluding hydrogens is 484 g/mol. The molecule has 4 rings (SSSR count). The normalized spacial score (nSPS) is 14.5. The molecule has 1 aliphatic heterocycles. The minimum Gasteiger partial charge on any atom is -0.490 e. The molecule has 3 aromatic carbocycles. The second-order valence-corrected chi connectivity index (χ2v) is 9.39. The van der Waals surface area contributed by atoms with Crippen molar-refractivity contribution in [3.8, 4) is 11.5 Å². The SMILES string of the molecule is CCOc1cc(/C=C2\SC(=S)N(c3cccc(C)c3)C2=O)ccc1OCc1cccc([N+](=O)[O-])c1. The van der Waals surface area contributed by atoms with Gasteiger partial charge in [-0.3, -0.25) is 19.8 Å². The summed E-state index contributed by atoms with van der Waals surface area (Å²) < 4.78 is 12.1. The lowest BCUT2D eigenvalue weighted by Gasteiger charge is -2.15. The van der Waals surface area contributed by atoms with Crippen LogP contribution in [0.25, 0.3) is 6.08 Å². The number of ether oxygens (including phenoxy) is 2. The number of benzene rings is 3. The average Bonchev–Trinajstić information content (AvgIpc) is 3.11. The number of non-ortho nitro benzene ring substituents is 1. The summed E-state index contributed by atoms with van der Waals surface area (Å²) in [6.45, 7) is 4.40. The Hall–Kier alpha value is -3.69. The largest absolute Gasteiger partial charge is 0.490 e. The van der Waals surface area contributed by atoms with Gasteiger partial charge >= 0.3 is 0 Å². The van der Waals surface area contributed by atoms with Gasteiger partial charge in [0.25, 0.3) is 11.6 Å². The summed E-state index contributed by atoms with van der Waals surface area (Å²) >= 11 is 6.72. The number of rotatable bonds is 8. The maximum atomic E-state index is 13.1. The summed E-state index contributed by atoms with van der Waals surface area (Å²) in [6.07, 6.45) is 1.78. The third-order valence-electron chi connectivity index (χ3n) is 5.13. The Morgan fingerprint density at radius 1 is 1.06 bits per heavy atom. The molecule has 0 spiro atoms. The van der Waals surface area contributed by atoms with Gasteiger partial charge in [-0.15, -0.1) is 0 Å². The standard InChI is InChI=1S/C26H22N2O5S2/c1-3-32-23-14-18(10-11-22(23)33-16-19-7-5-9-21(13-19)28(30)31)15-24-25(29)27(26(34)35-24)20-8-4-6-17(2)12-20/h4-15H,3,16H2,1-2H3/b24-15-. The molecule has 0 unspecified atom stereocenters. The quantitative estimate of drug-likeness (QED) is 0.154. The van der Waals surface area contributed by atoms with Crippen molar-refractivity contribution in [2.45, 2.75) is 20.5 Å². The minimum absolute atomic E-state index is 0.00876. The maximum Gasteiger partial charge on any atom is 0.270 e. The molecule has 0 N–H and O–H groups in total. The number of amides is 1. The monoisotopic (exact) mass is 506 g/mol. The van der Waals surface area contributed by atoms with Gasteiger partial charge in [0.2, 0.25) is 0 Å². The van der Waals surface area contributed by atoms with Crippen molar-refractivity contribution in [1.29, 1.82) is 0 Å². The van der Waals surface area contributed by atoms with Crippen molar-refractivity contribution in [3.63, 3.8) is 0 Å². The zero-order valence-corrected chi connectivity index (χ0v) is 20.7. The Balaban J connectivity index is 1.54. The lowest BCUT2D eigenvalue weighted by atomic mass is 10.1. The van der Waals surface area contributed by atoms with Crippen molar-refractivity contribution in [3.05, 3.63) is 98.4 Å². The molecule has 1 saturated heterocycles. The van der Waals surface area contributed by atoms with E-state index in [4.69, 9.17) is 21.7 Å². The number of carbonyl (C=O) groups is 1. The van der Waals surface area contributed by atoms with Gasteiger partial charge in [-0.25, -0.2) is 0 Å². The molecule has 0 radical (unpaired) electrons. The first-order chi connectivity index (χ1) is 16.9. The predicted molar refractivity (Wildman–Crippen MR) is 142 cm³/mol. The smallest absolute Gasteiger partial charge is 0.270 e. The summed E-state index contributed by atoms with van der Waals surface area (Å²) in [5.41, 5.74) is 3.24.